The fraction of sp³-hybridized carbons (Fsp3) is 0.412. The summed E-state index contributed by atoms with van der Waals surface area (Å²) in [5.41, 5.74) is 6.93. The van der Waals surface area contributed by atoms with E-state index in [9.17, 15) is 19.2 Å². The summed E-state index contributed by atoms with van der Waals surface area (Å²) >= 11 is 0. The predicted octanol–water partition coefficient (Wildman–Crippen LogP) is -1.33. The molecule has 0 spiro atoms. The number of carbonyl (C=O) groups is 4. The van der Waals surface area contributed by atoms with Gasteiger partial charge in [-0.25, -0.2) is 0 Å². The highest BCUT2D eigenvalue weighted by Gasteiger charge is 2.28. The van der Waals surface area contributed by atoms with Gasteiger partial charge in [0.1, 0.15) is 6.54 Å². The Morgan fingerprint density at radius 1 is 1.15 bits per heavy atom. The summed E-state index contributed by atoms with van der Waals surface area (Å²) in [4.78, 5) is 49.3. The molecule has 0 bridgehead atoms. The summed E-state index contributed by atoms with van der Waals surface area (Å²) in [6, 6.07) is 6.95. The van der Waals surface area contributed by atoms with Crippen LogP contribution in [0.25, 0.3) is 0 Å². The van der Waals surface area contributed by atoms with Gasteiger partial charge in [0.2, 0.25) is 11.8 Å². The van der Waals surface area contributed by atoms with Gasteiger partial charge in [-0.15, -0.1) is 0 Å². The van der Waals surface area contributed by atoms with Gasteiger partial charge in [0.25, 0.3) is 5.91 Å². The van der Waals surface area contributed by atoms with Gasteiger partial charge < -0.3 is 26.0 Å². The van der Waals surface area contributed by atoms with Crippen molar-refractivity contribution in [1.82, 2.24) is 15.1 Å². The van der Waals surface area contributed by atoms with Crippen LogP contribution >= 0.6 is 0 Å². The molecule has 0 unspecified atom stereocenters. The molecule has 1 aromatic rings. The fourth-order valence-corrected chi connectivity index (χ4v) is 2.61. The van der Waals surface area contributed by atoms with E-state index in [1.807, 2.05) is 12.1 Å². The van der Waals surface area contributed by atoms with Crippen molar-refractivity contribution in [2.24, 2.45) is 5.73 Å². The van der Waals surface area contributed by atoms with E-state index in [1.165, 1.54) is 9.80 Å². The van der Waals surface area contributed by atoms with E-state index in [2.05, 4.69) is 5.32 Å². The van der Waals surface area contributed by atoms with Gasteiger partial charge in [-0.2, -0.15) is 0 Å². The van der Waals surface area contributed by atoms with Crippen LogP contribution in [0.5, 0.6) is 0 Å². The third-order valence-electron chi connectivity index (χ3n) is 4.05. The summed E-state index contributed by atoms with van der Waals surface area (Å²) in [5.74, 6) is -2.29. The number of carboxylic acid groups (broad SMARTS) is 1. The quantitative estimate of drug-likeness (QED) is 0.551. The molecule has 0 atom stereocenters. The monoisotopic (exact) mass is 362 g/mol. The van der Waals surface area contributed by atoms with Gasteiger partial charge in [0.05, 0.1) is 13.1 Å². The van der Waals surface area contributed by atoms with Crippen molar-refractivity contribution in [3.8, 4) is 0 Å². The normalized spacial score (nSPS) is 14.3. The van der Waals surface area contributed by atoms with Crippen LogP contribution in [0.3, 0.4) is 0 Å². The largest absolute Gasteiger partial charge is 0.480 e. The van der Waals surface area contributed by atoms with E-state index in [0.29, 0.717) is 12.1 Å². The average molecular weight is 362 g/mol. The number of nitrogens with zero attached hydrogens (tertiary/aromatic N) is 2. The molecule has 2 rings (SSSR count). The van der Waals surface area contributed by atoms with Gasteiger partial charge in [-0.05, 0) is 30.7 Å². The Labute approximate surface area is 150 Å². The Balaban J connectivity index is 1.82. The number of rotatable bonds is 7. The molecule has 0 radical (unpaired) electrons. The molecule has 1 aliphatic heterocycles. The Bertz CT molecular complexity index is 689. The highest BCUT2D eigenvalue weighted by Crippen LogP contribution is 2.06. The second-order valence-corrected chi connectivity index (χ2v) is 5.94. The van der Waals surface area contributed by atoms with Crippen molar-refractivity contribution >= 4 is 23.7 Å². The zero-order valence-corrected chi connectivity index (χ0v) is 14.3. The summed E-state index contributed by atoms with van der Waals surface area (Å²) in [7, 11) is 0. The number of nitrogens with one attached hydrogen (secondary N) is 1. The molecule has 0 aliphatic carbocycles. The molecule has 1 aliphatic rings. The third kappa shape index (κ3) is 5.28. The lowest BCUT2D eigenvalue weighted by atomic mass is 10.1. The van der Waals surface area contributed by atoms with Crippen molar-refractivity contribution in [2.75, 3.05) is 39.3 Å². The number of nitrogens with two attached hydrogens (primary N) is 1. The smallest absolute Gasteiger partial charge is 0.323 e. The van der Waals surface area contributed by atoms with Gasteiger partial charge in [-0.1, -0.05) is 12.1 Å². The van der Waals surface area contributed by atoms with Crippen LogP contribution in [0.1, 0.15) is 15.9 Å². The van der Waals surface area contributed by atoms with E-state index in [4.69, 9.17) is 10.8 Å². The van der Waals surface area contributed by atoms with Crippen molar-refractivity contribution in [3.05, 3.63) is 35.4 Å². The van der Waals surface area contributed by atoms with Crippen molar-refractivity contribution in [2.45, 2.75) is 6.42 Å². The Morgan fingerprint density at radius 2 is 1.85 bits per heavy atom. The summed E-state index contributed by atoms with van der Waals surface area (Å²) < 4.78 is 0. The molecule has 0 aromatic heterocycles. The Hall–Kier alpha value is -2.94. The van der Waals surface area contributed by atoms with Crippen LogP contribution in [-0.4, -0.2) is 77.9 Å². The van der Waals surface area contributed by atoms with Gasteiger partial charge >= 0.3 is 5.97 Å². The van der Waals surface area contributed by atoms with Crippen molar-refractivity contribution < 1.29 is 24.3 Å². The second-order valence-electron chi connectivity index (χ2n) is 5.94. The molecule has 1 heterocycles. The second kappa shape index (κ2) is 8.95. The first-order valence-electron chi connectivity index (χ1n) is 8.25. The number of carbonyl (C=O) groups excluding carboxylic acids is 3. The maximum Gasteiger partial charge on any atom is 0.323 e. The highest BCUT2D eigenvalue weighted by atomic mass is 16.4. The molecule has 0 saturated carbocycles. The molecular formula is C17H22N4O5. The number of aliphatic carboxylic acids is 1. The maximum atomic E-state index is 12.2. The minimum Gasteiger partial charge on any atom is -0.480 e. The minimum atomic E-state index is -1.09. The first-order valence-corrected chi connectivity index (χ1v) is 8.25. The Kier molecular flexibility index (Phi) is 6.67. The molecular weight excluding hydrogens is 340 g/mol. The SMILES string of the molecule is NCCc1ccc(C(=O)NCC(=O)N2CCN(CC(=O)O)C(=O)C2)cc1. The number of hydrogen-bond acceptors (Lipinski definition) is 5. The van der Waals surface area contributed by atoms with E-state index in [0.717, 1.165) is 12.0 Å². The molecule has 3 amide bonds. The zero-order chi connectivity index (χ0) is 19.1. The van der Waals surface area contributed by atoms with E-state index in [1.54, 1.807) is 12.1 Å². The van der Waals surface area contributed by atoms with Crippen LogP contribution in [0.2, 0.25) is 0 Å². The zero-order valence-electron chi connectivity index (χ0n) is 14.3. The lowest BCUT2D eigenvalue weighted by Crippen LogP contribution is -2.55. The lowest BCUT2D eigenvalue weighted by Gasteiger charge is -2.33. The van der Waals surface area contributed by atoms with Crippen LogP contribution in [0.4, 0.5) is 0 Å². The Morgan fingerprint density at radius 3 is 2.42 bits per heavy atom. The number of piperazine rings is 1. The van der Waals surface area contributed by atoms with Gasteiger partial charge in [-0.3, -0.25) is 19.2 Å². The molecule has 1 aromatic carbocycles. The predicted molar refractivity (Wildman–Crippen MR) is 92.3 cm³/mol. The summed E-state index contributed by atoms with van der Waals surface area (Å²) in [6.45, 7) is 0.135. The third-order valence-corrected chi connectivity index (χ3v) is 4.05. The molecule has 9 nitrogen and oxygen atoms in total. The van der Waals surface area contributed by atoms with Crippen LogP contribution in [0, 0.1) is 0 Å². The molecule has 1 fully saturated rings. The molecule has 26 heavy (non-hydrogen) atoms. The van der Waals surface area contributed by atoms with Crippen LogP contribution in [0.15, 0.2) is 24.3 Å². The van der Waals surface area contributed by atoms with Crippen molar-refractivity contribution in [1.29, 1.82) is 0 Å². The van der Waals surface area contributed by atoms with Gasteiger partial charge in [0, 0.05) is 18.7 Å². The number of benzene rings is 1. The molecule has 4 N–H and O–H groups in total. The lowest BCUT2D eigenvalue weighted by molar-refractivity contribution is -0.150. The topological polar surface area (TPSA) is 133 Å². The fourth-order valence-electron chi connectivity index (χ4n) is 2.61. The first kappa shape index (κ1) is 19.4. The summed E-state index contributed by atoms with van der Waals surface area (Å²) in [5, 5.41) is 11.3. The summed E-state index contributed by atoms with van der Waals surface area (Å²) in [6.07, 6.45) is 0.724. The maximum absolute atomic E-state index is 12.2. The van der Waals surface area contributed by atoms with Crippen molar-refractivity contribution in [3.63, 3.8) is 0 Å². The minimum absolute atomic E-state index is 0.160. The van der Waals surface area contributed by atoms with Crippen LogP contribution < -0.4 is 11.1 Å². The standard InChI is InChI=1S/C17H22N4O5/c18-6-5-12-1-3-13(4-2-12)17(26)19-9-14(22)20-7-8-21(11-16(24)25)15(23)10-20/h1-4H,5-11,18H2,(H,19,26)(H,24,25). The number of hydrogen-bond donors (Lipinski definition) is 3. The number of amides is 3. The molecule has 1 saturated heterocycles. The molecule has 140 valence electrons. The molecule has 9 heteroatoms. The van der Waals surface area contributed by atoms with E-state index < -0.39 is 11.9 Å². The number of carboxylic acids is 1. The van der Waals surface area contributed by atoms with E-state index >= 15 is 0 Å². The average Bonchev–Trinajstić information content (AvgIpc) is 2.61. The first-order chi connectivity index (χ1) is 12.4. The van der Waals surface area contributed by atoms with E-state index in [-0.39, 0.29) is 44.5 Å². The van der Waals surface area contributed by atoms with Gasteiger partial charge in [0.15, 0.2) is 0 Å². The van der Waals surface area contributed by atoms with Crippen LogP contribution in [-0.2, 0) is 20.8 Å². The highest BCUT2D eigenvalue weighted by molar-refractivity contribution is 5.97.